The summed E-state index contributed by atoms with van der Waals surface area (Å²) in [6, 6.07) is 9.07. The highest BCUT2D eigenvalue weighted by atomic mass is 16.5. The average molecular weight is 234 g/mol. The van der Waals surface area contributed by atoms with E-state index in [2.05, 4.69) is 36.1 Å². The van der Waals surface area contributed by atoms with E-state index in [4.69, 9.17) is 10.5 Å². The Balaban J connectivity index is 2.24. The first-order valence-electron chi connectivity index (χ1n) is 6.33. The summed E-state index contributed by atoms with van der Waals surface area (Å²) in [5.74, 6) is 0. The molecule has 3 nitrogen and oxygen atoms in total. The van der Waals surface area contributed by atoms with Crippen LogP contribution in [-0.2, 0) is 11.2 Å². The predicted molar refractivity (Wildman–Crippen MR) is 71.4 cm³/mol. The van der Waals surface area contributed by atoms with Crippen LogP contribution in [0, 0.1) is 0 Å². The molecule has 0 spiro atoms. The lowest BCUT2D eigenvalue weighted by molar-refractivity contribution is 0.121. The average Bonchev–Trinajstić information content (AvgIpc) is 2.39. The van der Waals surface area contributed by atoms with Crippen molar-refractivity contribution in [2.75, 3.05) is 25.1 Å². The fourth-order valence-corrected chi connectivity index (χ4v) is 2.52. The Kier molecular flexibility index (Phi) is 4.02. The topological polar surface area (TPSA) is 38.5 Å². The monoisotopic (exact) mass is 234 g/mol. The number of nitrogens with two attached hydrogens (primary N) is 1. The van der Waals surface area contributed by atoms with Crippen molar-refractivity contribution in [1.29, 1.82) is 0 Å². The molecule has 94 valence electrons. The van der Waals surface area contributed by atoms with E-state index >= 15 is 0 Å². The molecule has 1 heterocycles. The number of anilines is 1. The van der Waals surface area contributed by atoms with Crippen LogP contribution in [0.4, 0.5) is 5.69 Å². The molecule has 2 N–H and O–H groups in total. The molecule has 3 heteroatoms. The van der Waals surface area contributed by atoms with Gasteiger partial charge in [-0.2, -0.15) is 0 Å². The molecule has 0 saturated carbocycles. The number of rotatable bonds is 4. The van der Waals surface area contributed by atoms with Crippen molar-refractivity contribution < 1.29 is 4.74 Å². The quantitative estimate of drug-likeness (QED) is 0.863. The van der Waals surface area contributed by atoms with E-state index < -0.39 is 0 Å². The number of aryl methyl sites for hydroxylation is 1. The lowest BCUT2D eigenvalue weighted by atomic mass is 9.95. The lowest BCUT2D eigenvalue weighted by Gasteiger charge is -2.39. The number of para-hydroxylation sites is 1. The predicted octanol–water partition coefficient (Wildman–Crippen LogP) is 1.80. The Morgan fingerprint density at radius 3 is 2.94 bits per heavy atom. The molecule has 2 atom stereocenters. The van der Waals surface area contributed by atoms with Gasteiger partial charge in [-0.05, 0) is 31.4 Å². The number of benzene rings is 1. The van der Waals surface area contributed by atoms with Crippen molar-refractivity contribution in [2.45, 2.75) is 31.9 Å². The zero-order chi connectivity index (χ0) is 12.3. The molecule has 1 aromatic carbocycles. The number of hydrogen-bond donors (Lipinski definition) is 1. The van der Waals surface area contributed by atoms with E-state index in [1.54, 1.807) is 7.11 Å². The minimum absolute atomic E-state index is 0.232. The zero-order valence-corrected chi connectivity index (χ0v) is 10.7. The van der Waals surface area contributed by atoms with Gasteiger partial charge in [0.25, 0.3) is 0 Å². The maximum atomic E-state index is 5.89. The van der Waals surface area contributed by atoms with Crippen LogP contribution in [0.25, 0.3) is 0 Å². The Hall–Kier alpha value is -1.06. The Morgan fingerprint density at radius 2 is 2.24 bits per heavy atom. The third kappa shape index (κ3) is 2.61. The summed E-state index contributed by atoms with van der Waals surface area (Å²) in [6.07, 6.45) is 2.51. The highest BCUT2D eigenvalue weighted by molar-refractivity contribution is 5.56. The number of hydrogen-bond acceptors (Lipinski definition) is 3. The first-order chi connectivity index (χ1) is 8.26. The van der Waals surface area contributed by atoms with Gasteiger partial charge in [0.15, 0.2) is 0 Å². The van der Waals surface area contributed by atoms with Crippen molar-refractivity contribution in [1.82, 2.24) is 0 Å². The van der Waals surface area contributed by atoms with Crippen molar-refractivity contribution >= 4 is 5.69 Å². The van der Waals surface area contributed by atoms with Crippen molar-refractivity contribution in [2.24, 2.45) is 5.73 Å². The molecule has 1 aliphatic rings. The minimum atomic E-state index is 0.232. The highest BCUT2D eigenvalue weighted by Crippen LogP contribution is 2.30. The van der Waals surface area contributed by atoms with Crippen LogP contribution in [0.5, 0.6) is 0 Å². The van der Waals surface area contributed by atoms with Crippen LogP contribution in [-0.4, -0.2) is 32.3 Å². The van der Waals surface area contributed by atoms with E-state index in [1.807, 2.05) is 0 Å². The van der Waals surface area contributed by atoms with Crippen LogP contribution in [0.15, 0.2) is 24.3 Å². The van der Waals surface area contributed by atoms with Crippen LogP contribution < -0.4 is 10.6 Å². The van der Waals surface area contributed by atoms with Gasteiger partial charge in [-0.3, -0.25) is 0 Å². The molecular weight excluding hydrogens is 212 g/mol. The van der Waals surface area contributed by atoms with Gasteiger partial charge in [0, 0.05) is 31.9 Å². The first-order valence-corrected chi connectivity index (χ1v) is 6.33. The van der Waals surface area contributed by atoms with Crippen molar-refractivity contribution in [3.05, 3.63) is 29.8 Å². The second-order valence-electron chi connectivity index (χ2n) is 4.76. The fourth-order valence-electron chi connectivity index (χ4n) is 2.52. The SMILES string of the molecule is COC(C)CN1c2ccccc2CCC1CN. The molecule has 1 aromatic rings. The standard InChI is InChI=1S/C14H22N2O/c1-11(17-2)10-16-13(9-15)8-7-12-5-3-4-6-14(12)16/h3-6,11,13H,7-10,15H2,1-2H3. The Labute approximate surface area is 104 Å². The van der Waals surface area contributed by atoms with Gasteiger partial charge in [0.2, 0.25) is 0 Å². The maximum absolute atomic E-state index is 5.89. The van der Waals surface area contributed by atoms with Crippen LogP contribution in [0.1, 0.15) is 18.9 Å². The molecular formula is C14H22N2O. The van der Waals surface area contributed by atoms with E-state index in [9.17, 15) is 0 Å². The molecule has 0 saturated heterocycles. The van der Waals surface area contributed by atoms with E-state index in [-0.39, 0.29) is 6.10 Å². The number of methoxy groups -OCH3 is 1. The molecule has 17 heavy (non-hydrogen) atoms. The molecule has 0 bridgehead atoms. The molecule has 2 unspecified atom stereocenters. The number of nitrogens with zero attached hydrogens (tertiary/aromatic N) is 1. The Bertz CT molecular complexity index is 367. The minimum Gasteiger partial charge on any atom is -0.380 e. The second-order valence-corrected chi connectivity index (χ2v) is 4.76. The Morgan fingerprint density at radius 1 is 1.47 bits per heavy atom. The summed E-state index contributed by atoms with van der Waals surface area (Å²) in [5.41, 5.74) is 8.65. The third-order valence-corrected chi connectivity index (χ3v) is 3.62. The van der Waals surface area contributed by atoms with Gasteiger partial charge >= 0.3 is 0 Å². The number of fused-ring (bicyclic) bond motifs is 1. The van der Waals surface area contributed by atoms with Crippen LogP contribution in [0.3, 0.4) is 0 Å². The summed E-state index contributed by atoms with van der Waals surface area (Å²) in [5, 5.41) is 0. The first kappa shape index (κ1) is 12.4. The summed E-state index contributed by atoms with van der Waals surface area (Å²) in [7, 11) is 1.76. The molecule has 0 aliphatic carbocycles. The lowest BCUT2D eigenvalue weighted by Crippen LogP contribution is -2.47. The smallest absolute Gasteiger partial charge is 0.0718 e. The molecule has 1 aliphatic heterocycles. The molecule has 0 radical (unpaired) electrons. The summed E-state index contributed by atoms with van der Waals surface area (Å²) in [4.78, 5) is 2.41. The zero-order valence-electron chi connectivity index (χ0n) is 10.7. The maximum Gasteiger partial charge on any atom is 0.0718 e. The number of ether oxygens (including phenoxy) is 1. The van der Waals surface area contributed by atoms with Gasteiger partial charge in [0.1, 0.15) is 0 Å². The molecule has 0 amide bonds. The van der Waals surface area contributed by atoms with E-state index in [0.29, 0.717) is 12.6 Å². The van der Waals surface area contributed by atoms with Gasteiger partial charge in [0.05, 0.1) is 6.10 Å². The molecule has 2 rings (SSSR count). The summed E-state index contributed by atoms with van der Waals surface area (Å²) < 4.78 is 5.38. The van der Waals surface area contributed by atoms with Crippen molar-refractivity contribution in [3.8, 4) is 0 Å². The van der Waals surface area contributed by atoms with Crippen LogP contribution >= 0.6 is 0 Å². The van der Waals surface area contributed by atoms with Gasteiger partial charge in [-0.25, -0.2) is 0 Å². The summed E-state index contributed by atoms with van der Waals surface area (Å²) >= 11 is 0. The van der Waals surface area contributed by atoms with Gasteiger partial charge in [-0.1, -0.05) is 18.2 Å². The molecule has 0 aromatic heterocycles. The van der Waals surface area contributed by atoms with Gasteiger partial charge < -0.3 is 15.4 Å². The van der Waals surface area contributed by atoms with E-state index in [1.165, 1.54) is 11.3 Å². The third-order valence-electron chi connectivity index (χ3n) is 3.62. The fraction of sp³-hybridized carbons (Fsp3) is 0.571. The highest BCUT2D eigenvalue weighted by Gasteiger charge is 2.25. The van der Waals surface area contributed by atoms with Crippen molar-refractivity contribution in [3.63, 3.8) is 0 Å². The second kappa shape index (κ2) is 5.52. The summed E-state index contributed by atoms with van der Waals surface area (Å²) in [6.45, 7) is 3.73. The normalized spacial score (nSPS) is 21.1. The molecule has 0 fully saturated rings. The van der Waals surface area contributed by atoms with E-state index in [0.717, 1.165) is 19.4 Å². The van der Waals surface area contributed by atoms with Crippen LogP contribution in [0.2, 0.25) is 0 Å². The van der Waals surface area contributed by atoms with Gasteiger partial charge in [-0.15, -0.1) is 0 Å². The largest absolute Gasteiger partial charge is 0.380 e.